The Kier molecular flexibility index (Phi) is 6.31. The molecule has 0 atom stereocenters. The minimum absolute atomic E-state index is 0.0495. The van der Waals surface area contributed by atoms with Gasteiger partial charge in [-0.25, -0.2) is 0 Å². The fraction of sp³-hybridized carbons (Fsp3) is 0.346. The summed E-state index contributed by atoms with van der Waals surface area (Å²) in [6.07, 6.45) is 3.56. The fourth-order valence-electron chi connectivity index (χ4n) is 4.72. The largest absolute Gasteiger partial charge is 0.493 e. The van der Waals surface area contributed by atoms with E-state index in [4.69, 9.17) is 9.47 Å². The highest BCUT2D eigenvalue weighted by atomic mass is 16.5. The number of likely N-dealkylation sites (tertiary alicyclic amines) is 1. The number of aromatic nitrogens is 2. The number of H-pyrrole nitrogens is 2. The highest BCUT2D eigenvalue weighted by Gasteiger charge is 2.20. The van der Waals surface area contributed by atoms with E-state index in [-0.39, 0.29) is 5.91 Å². The van der Waals surface area contributed by atoms with E-state index in [0.29, 0.717) is 23.6 Å². The Morgan fingerprint density at radius 2 is 1.82 bits per heavy atom. The van der Waals surface area contributed by atoms with Crippen LogP contribution in [0.25, 0.3) is 22.0 Å². The summed E-state index contributed by atoms with van der Waals surface area (Å²) in [4.78, 5) is 15.1. The minimum atomic E-state index is -0.0495. The van der Waals surface area contributed by atoms with Gasteiger partial charge in [-0.3, -0.25) is 15.0 Å². The average molecular weight is 462 g/mol. The molecule has 2 heterocycles. The number of carbonyl (C=O) groups excluding carboxylic acids is 1. The Morgan fingerprint density at radius 3 is 2.62 bits per heavy atom. The monoisotopic (exact) mass is 461 g/mol. The first kappa shape index (κ1) is 22.2. The van der Waals surface area contributed by atoms with Gasteiger partial charge in [0, 0.05) is 28.7 Å². The number of nitrogens with zero attached hydrogens (tertiary/aromatic N) is 1. The summed E-state index contributed by atoms with van der Waals surface area (Å²) < 4.78 is 10.9. The second-order valence-electron chi connectivity index (χ2n) is 8.72. The zero-order valence-corrected chi connectivity index (χ0v) is 19.7. The van der Waals surface area contributed by atoms with E-state index in [2.05, 4.69) is 31.8 Å². The van der Waals surface area contributed by atoms with Crippen molar-refractivity contribution in [3.63, 3.8) is 0 Å². The lowest BCUT2D eigenvalue weighted by Crippen LogP contribution is -2.28. The molecule has 8 heteroatoms. The van der Waals surface area contributed by atoms with Gasteiger partial charge >= 0.3 is 0 Å². The van der Waals surface area contributed by atoms with Crippen molar-refractivity contribution in [2.45, 2.75) is 19.3 Å². The van der Waals surface area contributed by atoms with E-state index in [1.165, 1.54) is 25.9 Å². The van der Waals surface area contributed by atoms with Crippen molar-refractivity contribution >= 4 is 28.2 Å². The predicted molar refractivity (Wildman–Crippen MR) is 135 cm³/mol. The van der Waals surface area contributed by atoms with Gasteiger partial charge < -0.3 is 25.0 Å². The molecule has 8 nitrogen and oxygen atoms in total. The Labute approximate surface area is 198 Å². The third-order valence-corrected chi connectivity index (χ3v) is 6.51. The molecule has 0 saturated carbocycles. The Morgan fingerprint density at radius 1 is 1.03 bits per heavy atom. The van der Waals surface area contributed by atoms with Crippen molar-refractivity contribution in [2.75, 3.05) is 45.7 Å². The fourth-order valence-corrected chi connectivity index (χ4v) is 4.72. The molecule has 1 fully saturated rings. The van der Waals surface area contributed by atoms with Gasteiger partial charge in [0.2, 0.25) is 0 Å². The maximum absolute atomic E-state index is 12.7. The van der Waals surface area contributed by atoms with Crippen LogP contribution in [0.1, 0.15) is 29.6 Å². The summed E-state index contributed by atoms with van der Waals surface area (Å²) in [5, 5.41) is 15.0. The molecule has 5 rings (SSSR count). The number of benzene rings is 2. The standard InChI is InChI=1S/C26H31N5O3/c1-33-22-15-18-14-21-24(20(18)16-23(22)34-2)29-30-25(21)28-19-8-5-7-17(13-19)26(32)27-9-6-12-31-10-3-4-11-31/h5,7-8,13-16,28-30H,3-4,6,9-12H2,1-2H3,(H,27,32). The maximum atomic E-state index is 12.7. The maximum Gasteiger partial charge on any atom is 0.251 e. The zero-order chi connectivity index (χ0) is 23.5. The van der Waals surface area contributed by atoms with E-state index in [1.807, 2.05) is 36.4 Å². The molecule has 0 radical (unpaired) electrons. The molecule has 178 valence electrons. The van der Waals surface area contributed by atoms with Crippen LogP contribution in [0.2, 0.25) is 0 Å². The molecular weight excluding hydrogens is 430 g/mol. The molecule has 1 aliphatic carbocycles. The van der Waals surface area contributed by atoms with E-state index in [0.717, 1.165) is 46.5 Å². The predicted octanol–water partition coefficient (Wildman–Crippen LogP) is 4.58. The van der Waals surface area contributed by atoms with Crippen LogP contribution < -0.4 is 20.1 Å². The van der Waals surface area contributed by atoms with Gasteiger partial charge in [-0.15, -0.1) is 0 Å². The summed E-state index contributed by atoms with van der Waals surface area (Å²) >= 11 is 0. The molecule has 1 amide bonds. The zero-order valence-electron chi connectivity index (χ0n) is 19.7. The number of rotatable bonds is 9. The molecule has 4 N–H and O–H groups in total. The molecule has 3 aliphatic rings. The van der Waals surface area contributed by atoms with Crippen molar-refractivity contribution in [3.8, 4) is 22.8 Å². The Bertz CT molecular complexity index is 1250. The van der Waals surface area contributed by atoms with Gasteiger partial charge in [-0.1, -0.05) is 6.07 Å². The molecule has 34 heavy (non-hydrogen) atoms. The topological polar surface area (TPSA) is 94.4 Å². The van der Waals surface area contributed by atoms with E-state index in [1.54, 1.807) is 14.2 Å². The summed E-state index contributed by atoms with van der Waals surface area (Å²) in [6.45, 7) is 4.11. The first-order valence-corrected chi connectivity index (χ1v) is 11.8. The Hall–Kier alpha value is -3.65. The number of anilines is 2. The average Bonchev–Trinajstić information content (AvgIpc) is 3.59. The van der Waals surface area contributed by atoms with Crippen LogP contribution in [0.15, 0.2) is 42.5 Å². The normalized spacial score (nSPS) is 14.1. The van der Waals surface area contributed by atoms with Crippen LogP contribution in [-0.2, 0) is 0 Å². The third kappa shape index (κ3) is 4.41. The van der Waals surface area contributed by atoms with Gasteiger partial charge in [0.15, 0.2) is 11.5 Å². The molecule has 2 aromatic carbocycles. The molecule has 0 bridgehead atoms. The molecule has 0 unspecified atom stereocenters. The molecule has 0 spiro atoms. The summed E-state index contributed by atoms with van der Waals surface area (Å²) in [5.74, 6) is 2.16. The minimum Gasteiger partial charge on any atom is -0.493 e. The van der Waals surface area contributed by atoms with Gasteiger partial charge in [0.1, 0.15) is 5.82 Å². The number of amides is 1. The lowest BCUT2D eigenvalue weighted by molar-refractivity contribution is 0.0952. The second kappa shape index (κ2) is 9.69. The summed E-state index contributed by atoms with van der Waals surface area (Å²) in [7, 11) is 3.27. The van der Waals surface area contributed by atoms with E-state index < -0.39 is 0 Å². The number of methoxy groups -OCH3 is 2. The number of carbonyl (C=O) groups is 1. The number of hydrogen-bond acceptors (Lipinski definition) is 5. The number of hydrogen-bond donors (Lipinski definition) is 4. The van der Waals surface area contributed by atoms with E-state index >= 15 is 0 Å². The highest BCUT2D eigenvalue weighted by Crippen LogP contribution is 2.42. The quantitative estimate of drug-likeness (QED) is 0.274. The molecular formula is C26H31N5O3. The van der Waals surface area contributed by atoms with Crippen molar-refractivity contribution in [2.24, 2.45) is 0 Å². The van der Waals surface area contributed by atoms with Crippen molar-refractivity contribution in [1.82, 2.24) is 20.4 Å². The summed E-state index contributed by atoms with van der Waals surface area (Å²) in [6, 6.07) is 13.6. The first-order valence-electron chi connectivity index (χ1n) is 11.8. The number of ether oxygens (including phenoxy) is 2. The van der Waals surface area contributed by atoms with Crippen molar-refractivity contribution in [1.29, 1.82) is 0 Å². The van der Waals surface area contributed by atoms with Crippen LogP contribution in [0.4, 0.5) is 11.5 Å². The van der Waals surface area contributed by atoms with E-state index in [9.17, 15) is 4.79 Å². The molecule has 0 aromatic heterocycles. The smallest absolute Gasteiger partial charge is 0.251 e. The third-order valence-electron chi connectivity index (χ3n) is 6.51. The SMILES string of the molecule is COc1cc2cc3c(Nc4cccc(C(=O)NCCCN5CCCC5)c4)[nH][nH]c-3c2cc1OC. The Balaban J connectivity index is 1.27. The number of nitrogens with one attached hydrogen (secondary N) is 4. The van der Waals surface area contributed by atoms with Crippen LogP contribution in [0.3, 0.4) is 0 Å². The molecule has 2 aromatic rings. The summed E-state index contributed by atoms with van der Waals surface area (Å²) in [5.41, 5.74) is 3.47. The first-order chi connectivity index (χ1) is 16.7. The van der Waals surface area contributed by atoms with Gasteiger partial charge in [0.25, 0.3) is 5.91 Å². The lowest BCUT2D eigenvalue weighted by Gasteiger charge is -2.14. The second-order valence-corrected chi connectivity index (χ2v) is 8.72. The highest BCUT2D eigenvalue weighted by molar-refractivity contribution is 6.05. The van der Waals surface area contributed by atoms with Gasteiger partial charge in [0.05, 0.1) is 19.9 Å². The number of fused-ring (bicyclic) bond motifs is 3. The van der Waals surface area contributed by atoms with Crippen LogP contribution >= 0.6 is 0 Å². The van der Waals surface area contributed by atoms with Gasteiger partial charge in [-0.2, -0.15) is 0 Å². The lowest BCUT2D eigenvalue weighted by atomic mass is 10.1. The number of aromatic amines is 2. The van der Waals surface area contributed by atoms with Crippen LogP contribution in [0, 0.1) is 0 Å². The van der Waals surface area contributed by atoms with Crippen molar-refractivity contribution in [3.05, 3.63) is 48.0 Å². The van der Waals surface area contributed by atoms with Crippen molar-refractivity contribution < 1.29 is 14.3 Å². The van der Waals surface area contributed by atoms with Crippen LogP contribution in [0.5, 0.6) is 11.5 Å². The molecule has 2 aliphatic heterocycles. The van der Waals surface area contributed by atoms with Crippen LogP contribution in [-0.4, -0.2) is 61.4 Å². The molecule has 1 saturated heterocycles. The van der Waals surface area contributed by atoms with Gasteiger partial charge in [-0.05, 0) is 80.7 Å².